The summed E-state index contributed by atoms with van der Waals surface area (Å²) < 4.78 is 10.7. The minimum absolute atomic E-state index is 0.193. The third kappa shape index (κ3) is 13.3. The van der Waals surface area contributed by atoms with Gasteiger partial charge in [-0.15, -0.1) is 10.2 Å². The Kier molecular flexibility index (Phi) is 18.9. The zero-order valence-corrected chi connectivity index (χ0v) is 38.0. The van der Waals surface area contributed by atoms with E-state index >= 15 is 0 Å². The summed E-state index contributed by atoms with van der Waals surface area (Å²) in [5.74, 6) is -0.847. The van der Waals surface area contributed by atoms with E-state index in [-0.39, 0.29) is 33.1 Å². The summed E-state index contributed by atoms with van der Waals surface area (Å²) in [6.45, 7) is 22.7. The molecule has 20 heteroatoms. The minimum Gasteiger partial charge on any atom is -0.418 e. The monoisotopic (exact) mass is 962 g/mol. The van der Waals surface area contributed by atoms with Gasteiger partial charge in [0, 0.05) is 35.7 Å². The van der Waals surface area contributed by atoms with Gasteiger partial charge in [-0.05, 0) is 100 Å². The van der Waals surface area contributed by atoms with Crippen LogP contribution in [0.25, 0.3) is 21.1 Å². The van der Waals surface area contributed by atoms with Gasteiger partial charge in [0.25, 0.3) is 11.8 Å². The first kappa shape index (κ1) is 49.8. The van der Waals surface area contributed by atoms with Crippen LogP contribution in [0.15, 0.2) is 65.1 Å². The third-order valence-corrected chi connectivity index (χ3v) is 11.5. The molecule has 6 N–H and O–H groups in total. The molecule has 6 rings (SSSR count). The van der Waals surface area contributed by atoms with E-state index in [1.54, 1.807) is 57.2 Å². The number of aromatic nitrogens is 2. The maximum atomic E-state index is 12.5. The van der Waals surface area contributed by atoms with Crippen molar-refractivity contribution in [1.29, 1.82) is 0 Å². The number of aliphatic hydroxyl groups is 2. The van der Waals surface area contributed by atoms with Crippen molar-refractivity contribution in [3.05, 3.63) is 136 Å². The molecule has 0 saturated carbocycles. The minimum atomic E-state index is -1.10. The van der Waals surface area contributed by atoms with Crippen molar-refractivity contribution >= 4 is 104 Å². The molecule has 1 saturated heterocycles. The maximum absolute atomic E-state index is 12.5. The molecule has 4 atom stereocenters. The second-order valence-corrected chi connectivity index (χ2v) is 15.9. The molecule has 14 nitrogen and oxygen atoms in total. The van der Waals surface area contributed by atoms with Crippen LogP contribution in [0.4, 0.5) is 22.7 Å². The molecular formula is C42H40Cl6N8O6. The molecule has 1 aliphatic heterocycles. The van der Waals surface area contributed by atoms with Gasteiger partial charge in [0.05, 0.1) is 55.5 Å². The van der Waals surface area contributed by atoms with Gasteiger partial charge in [-0.2, -0.15) is 0 Å². The van der Waals surface area contributed by atoms with Crippen LogP contribution in [0.5, 0.6) is 0 Å². The van der Waals surface area contributed by atoms with E-state index in [0.717, 1.165) is 13.2 Å². The lowest BCUT2D eigenvalue weighted by molar-refractivity contribution is -0.124. The number of carbonyl (C=O) groups is 2. The Balaban J connectivity index is 0.000000244. The number of amides is 2. The molecule has 4 aromatic carbocycles. The predicted molar refractivity (Wildman–Crippen MR) is 244 cm³/mol. The lowest BCUT2D eigenvalue weighted by atomic mass is 10.1. The van der Waals surface area contributed by atoms with E-state index < -0.39 is 36.1 Å². The van der Waals surface area contributed by atoms with Crippen molar-refractivity contribution in [2.24, 2.45) is 0 Å². The molecule has 5 aromatic rings. The van der Waals surface area contributed by atoms with Crippen LogP contribution in [0.2, 0.25) is 30.1 Å². The Morgan fingerprint density at radius 1 is 0.710 bits per heavy atom. The molecular weight excluding hydrogens is 925 g/mol. The Hall–Kier alpha value is -4.84. The van der Waals surface area contributed by atoms with E-state index in [4.69, 9.17) is 91.9 Å². The van der Waals surface area contributed by atoms with Crippen molar-refractivity contribution < 1.29 is 29.0 Å². The lowest BCUT2D eigenvalue weighted by Crippen LogP contribution is -2.52. The van der Waals surface area contributed by atoms with E-state index in [1.807, 2.05) is 0 Å². The molecule has 1 aromatic heterocycles. The fraction of sp³-hybridized carbons (Fsp3) is 0.286. The molecule has 0 radical (unpaired) electrons. The standard InChI is InChI=1S/C19H17Cl3N4O3.C19H15Cl3N4O2.C4H8O/c1-9-14(6-7-15(23-3)16(9)22)24-17(10(2)27)19(29)26-25-18(28)11-4-5-12(20)13(21)8-11;1-9-14(6-7-15(23-3)16(9)22)24-17(10(2)27)19-26-25-18(28-19)11-4-5-12(20)13(21)8-11;1-2-4-5-3-1/h4-8,10,17,24,27H,1-2H3,(H,25,28)(H,26,29);4-8,10,17,24,27H,1-2H3;1-4H2/t2*10-,17+;/m00./s1. The number of hydrazine groups is 1. The van der Waals surface area contributed by atoms with E-state index in [1.165, 1.54) is 44.0 Å². The number of ether oxygens (including phenoxy) is 1. The number of carbonyl (C=O) groups excluding carboxylic acids is 2. The SMILES string of the molecule is C1CCOC1.[C-]#[N+]c1ccc(N[C@@H](C(=O)NNC(=O)c2ccc(Cl)c(Cl)c2)[C@H](C)O)c(C)c1Cl.[C-]#[N+]c1ccc(N[C@@H](c2nnc(-c3ccc(Cl)c(Cl)c3)o2)[C@H](C)O)c(C)c1Cl. The summed E-state index contributed by atoms with van der Waals surface area (Å²) in [5.41, 5.74) is 8.31. The number of nitrogens with zero attached hydrogens (tertiary/aromatic N) is 4. The maximum Gasteiger partial charge on any atom is 0.269 e. The van der Waals surface area contributed by atoms with Crippen molar-refractivity contribution in [3.8, 4) is 11.5 Å². The van der Waals surface area contributed by atoms with E-state index in [2.05, 4.69) is 41.4 Å². The first-order valence-corrected chi connectivity index (χ1v) is 20.9. The molecule has 1 fully saturated rings. The molecule has 0 bridgehead atoms. The number of anilines is 2. The number of aliphatic hydroxyl groups excluding tert-OH is 2. The highest BCUT2D eigenvalue weighted by molar-refractivity contribution is 6.42. The average molecular weight is 966 g/mol. The largest absolute Gasteiger partial charge is 0.418 e. The summed E-state index contributed by atoms with van der Waals surface area (Å²) in [5, 5.41) is 36.3. The van der Waals surface area contributed by atoms with Crippen molar-refractivity contribution in [2.75, 3.05) is 23.8 Å². The Morgan fingerprint density at radius 3 is 1.74 bits per heavy atom. The zero-order chi connectivity index (χ0) is 45.7. The second-order valence-electron chi connectivity index (χ2n) is 13.6. The molecule has 62 heavy (non-hydrogen) atoms. The van der Waals surface area contributed by atoms with Crippen LogP contribution in [0.3, 0.4) is 0 Å². The van der Waals surface area contributed by atoms with Crippen molar-refractivity contribution in [1.82, 2.24) is 21.0 Å². The fourth-order valence-electron chi connectivity index (χ4n) is 5.48. The number of hydrogen-bond acceptors (Lipinski definition) is 10. The predicted octanol–water partition coefficient (Wildman–Crippen LogP) is 11.0. The Labute approximate surface area is 388 Å². The second kappa shape index (κ2) is 23.6. The molecule has 2 amide bonds. The van der Waals surface area contributed by atoms with Crippen molar-refractivity contribution in [3.63, 3.8) is 0 Å². The normalized spacial score (nSPS) is 13.6. The van der Waals surface area contributed by atoms with Gasteiger partial charge in [-0.25, -0.2) is 9.69 Å². The summed E-state index contributed by atoms with van der Waals surface area (Å²) in [4.78, 5) is 31.3. The van der Waals surface area contributed by atoms with Gasteiger partial charge >= 0.3 is 0 Å². The summed E-state index contributed by atoms with van der Waals surface area (Å²) in [6.07, 6.45) is 0.608. The number of benzene rings is 4. The fourth-order valence-corrected chi connectivity index (χ4v) is 6.49. The van der Waals surface area contributed by atoms with Gasteiger partial charge in [-0.1, -0.05) is 81.7 Å². The molecule has 326 valence electrons. The Bertz CT molecular complexity index is 2460. The summed E-state index contributed by atoms with van der Waals surface area (Å²) in [7, 11) is 0. The zero-order valence-electron chi connectivity index (χ0n) is 33.5. The highest BCUT2D eigenvalue weighted by Gasteiger charge is 2.27. The van der Waals surface area contributed by atoms with Gasteiger partial charge in [-0.3, -0.25) is 20.4 Å². The smallest absolute Gasteiger partial charge is 0.269 e. The molecule has 0 aliphatic carbocycles. The van der Waals surface area contributed by atoms with Crippen LogP contribution in [0, 0.1) is 27.0 Å². The van der Waals surface area contributed by atoms with Crippen LogP contribution < -0.4 is 21.5 Å². The molecule has 1 aliphatic rings. The number of rotatable bonds is 10. The van der Waals surface area contributed by atoms with Crippen LogP contribution in [-0.4, -0.2) is 63.7 Å². The first-order valence-electron chi connectivity index (χ1n) is 18.6. The van der Waals surface area contributed by atoms with E-state index in [0.29, 0.717) is 53.8 Å². The topological polar surface area (TPSA) is 180 Å². The number of nitrogens with one attached hydrogen (secondary N) is 4. The first-order chi connectivity index (χ1) is 29.5. The van der Waals surface area contributed by atoms with Gasteiger partial charge in [0.15, 0.2) is 0 Å². The lowest BCUT2D eigenvalue weighted by Gasteiger charge is -2.23. The quantitative estimate of drug-likeness (QED) is 0.0583. The van der Waals surface area contributed by atoms with Crippen molar-refractivity contribution in [2.45, 2.75) is 64.8 Å². The summed E-state index contributed by atoms with van der Waals surface area (Å²) in [6, 6.07) is 13.9. The van der Waals surface area contributed by atoms with Gasteiger partial charge in [0.1, 0.15) is 12.1 Å². The highest BCUT2D eigenvalue weighted by Crippen LogP contribution is 2.36. The molecule has 0 unspecified atom stereocenters. The van der Waals surface area contributed by atoms with Crippen LogP contribution in [0.1, 0.15) is 60.1 Å². The van der Waals surface area contributed by atoms with Crippen LogP contribution in [-0.2, 0) is 9.53 Å². The third-order valence-electron chi connectivity index (χ3n) is 9.02. The van der Waals surface area contributed by atoms with Gasteiger partial charge < -0.3 is 30.0 Å². The van der Waals surface area contributed by atoms with Crippen LogP contribution >= 0.6 is 69.6 Å². The number of halogens is 6. The highest BCUT2D eigenvalue weighted by atomic mass is 35.5. The summed E-state index contributed by atoms with van der Waals surface area (Å²) >= 11 is 36.0. The molecule has 0 spiro atoms. The Morgan fingerprint density at radius 2 is 1.26 bits per heavy atom. The van der Waals surface area contributed by atoms with E-state index in [9.17, 15) is 19.8 Å². The van der Waals surface area contributed by atoms with Gasteiger partial charge in [0.2, 0.25) is 23.2 Å². The average Bonchev–Trinajstić information content (AvgIpc) is 4.00. The molecule has 2 heterocycles. The number of hydrogen-bond donors (Lipinski definition) is 6.